The molecule has 0 aliphatic carbocycles. The zero-order valence-electron chi connectivity index (χ0n) is 24.6. The number of rotatable bonds is 12. The maximum absolute atomic E-state index is 12.8. The molecule has 0 aromatic heterocycles. The molecule has 3 aromatic rings. The van der Waals surface area contributed by atoms with Gasteiger partial charge in [-0.25, -0.2) is 0 Å². The average Bonchev–Trinajstić information content (AvgIpc) is 3.34. The largest absolute Gasteiger partial charge is 0.493 e. The zero-order valence-corrected chi connectivity index (χ0v) is 25.4. The number of aryl methyl sites for hydroxylation is 1. The molecule has 0 bridgehead atoms. The smallest absolute Gasteiger partial charge is 0.311 e. The van der Waals surface area contributed by atoms with Gasteiger partial charge in [0.25, 0.3) is 0 Å². The molecular formula is C33H36N2O7S. The minimum Gasteiger partial charge on any atom is -0.493 e. The Bertz CT molecular complexity index is 1480. The Kier molecular flexibility index (Phi) is 9.76. The van der Waals surface area contributed by atoms with Crippen molar-refractivity contribution < 1.29 is 33.3 Å². The number of benzene rings is 3. The monoisotopic (exact) mass is 604 g/mol. The molecule has 226 valence electrons. The van der Waals surface area contributed by atoms with E-state index in [1.807, 2.05) is 61.5 Å². The predicted molar refractivity (Wildman–Crippen MR) is 165 cm³/mol. The summed E-state index contributed by atoms with van der Waals surface area (Å²) in [5.41, 5.74) is 3.84. The number of fused-ring (bicyclic) bond motifs is 1. The van der Waals surface area contributed by atoms with E-state index < -0.39 is 0 Å². The molecule has 0 radical (unpaired) electrons. The van der Waals surface area contributed by atoms with Crippen LogP contribution >= 0.6 is 11.8 Å². The Balaban J connectivity index is 1.18. The van der Waals surface area contributed by atoms with Gasteiger partial charge < -0.3 is 29.0 Å². The molecule has 10 heteroatoms. The van der Waals surface area contributed by atoms with E-state index in [0.29, 0.717) is 48.9 Å². The van der Waals surface area contributed by atoms with Crippen LogP contribution in [0.25, 0.3) is 0 Å². The highest BCUT2D eigenvalue weighted by Gasteiger charge is 2.32. The van der Waals surface area contributed by atoms with Crippen molar-refractivity contribution in [2.75, 3.05) is 20.8 Å². The second-order valence-electron chi connectivity index (χ2n) is 10.5. The molecule has 0 spiro atoms. The van der Waals surface area contributed by atoms with Crippen molar-refractivity contribution >= 4 is 28.8 Å². The minimum absolute atomic E-state index is 0.0859. The van der Waals surface area contributed by atoms with Crippen molar-refractivity contribution in [3.8, 4) is 28.7 Å². The van der Waals surface area contributed by atoms with E-state index in [4.69, 9.17) is 29.1 Å². The van der Waals surface area contributed by atoms with Crippen molar-refractivity contribution in [3.05, 3.63) is 76.9 Å². The van der Waals surface area contributed by atoms with E-state index in [-0.39, 0.29) is 34.8 Å². The van der Waals surface area contributed by atoms with Crippen molar-refractivity contribution in [3.63, 3.8) is 0 Å². The van der Waals surface area contributed by atoms with Crippen LogP contribution in [0, 0.1) is 12.3 Å². The summed E-state index contributed by atoms with van der Waals surface area (Å²) in [5.74, 6) is 2.03. The third-order valence-corrected chi connectivity index (χ3v) is 8.62. The van der Waals surface area contributed by atoms with E-state index in [0.717, 1.165) is 40.8 Å². The second kappa shape index (κ2) is 13.9. The Hall–Kier alpha value is -4.18. The topological polar surface area (TPSA) is 116 Å². The molecule has 1 saturated heterocycles. The number of carbonyl (C=O) groups excluding carboxylic acids is 2. The molecule has 9 nitrogen and oxygen atoms in total. The van der Waals surface area contributed by atoms with Gasteiger partial charge in [-0.3, -0.25) is 15.0 Å². The molecule has 2 N–H and O–H groups in total. The van der Waals surface area contributed by atoms with Crippen LogP contribution in [0.3, 0.4) is 0 Å². The van der Waals surface area contributed by atoms with E-state index in [2.05, 4.69) is 5.32 Å². The first-order chi connectivity index (χ1) is 20.9. The Morgan fingerprint density at radius 3 is 2.44 bits per heavy atom. The molecule has 2 aliphatic heterocycles. The van der Waals surface area contributed by atoms with E-state index in [9.17, 15) is 9.59 Å². The summed E-state index contributed by atoms with van der Waals surface area (Å²) in [6.07, 6.45) is 3.50. The highest BCUT2D eigenvalue weighted by molar-refractivity contribution is 8.15. The number of carbonyl (C=O) groups is 2. The minimum atomic E-state index is -0.338. The molecule has 3 aromatic carbocycles. The van der Waals surface area contributed by atoms with Gasteiger partial charge in [-0.05, 0) is 55.9 Å². The second-order valence-corrected chi connectivity index (χ2v) is 11.7. The number of hydrogen-bond donors (Lipinski definition) is 2. The molecular weight excluding hydrogens is 568 g/mol. The maximum atomic E-state index is 12.8. The van der Waals surface area contributed by atoms with Crippen LogP contribution in [-0.4, -0.2) is 49.2 Å². The predicted octanol–water partition coefficient (Wildman–Crippen LogP) is 5.42. The van der Waals surface area contributed by atoms with Gasteiger partial charge >= 0.3 is 5.97 Å². The quantitative estimate of drug-likeness (QED) is 0.208. The van der Waals surface area contributed by atoms with Crippen molar-refractivity contribution in [2.24, 2.45) is 0 Å². The standard InChI is InChI=1S/C33H36N2O7S/c1-20-25-15-14-24(17-18-40-23-12-9-22(10-13-23)19-26-32(37)35-33(34)43-26)41-29(25)31(39-3)30(38-2)28(20)42-27(36)16-11-21-7-5-4-6-8-21/h4-10,12-13,24,26H,11,14-19H2,1-3H3,(H2,34,35,37). The summed E-state index contributed by atoms with van der Waals surface area (Å²) in [4.78, 5) is 24.7. The molecule has 2 atom stereocenters. The van der Waals surface area contributed by atoms with Crippen molar-refractivity contribution in [1.82, 2.24) is 5.32 Å². The summed E-state index contributed by atoms with van der Waals surface area (Å²) in [7, 11) is 3.08. The number of esters is 1. The highest BCUT2D eigenvalue weighted by Crippen LogP contribution is 2.52. The Labute approximate surface area is 255 Å². The summed E-state index contributed by atoms with van der Waals surface area (Å²) < 4.78 is 29.6. The SMILES string of the molecule is COc1c(OC(=O)CCc2ccccc2)c(C)c2c(c1OC)OC(CCOc1ccc(CC3SC(=N)NC3=O)cc1)CC2. The van der Waals surface area contributed by atoms with Gasteiger partial charge in [0.1, 0.15) is 11.9 Å². The summed E-state index contributed by atoms with van der Waals surface area (Å²) >= 11 is 1.25. The Morgan fingerprint density at radius 1 is 1.02 bits per heavy atom. The summed E-state index contributed by atoms with van der Waals surface area (Å²) in [6.45, 7) is 2.38. The number of hydrogen-bond acceptors (Lipinski definition) is 9. The van der Waals surface area contributed by atoms with Crippen LogP contribution in [0.2, 0.25) is 0 Å². The zero-order chi connectivity index (χ0) is 30.3. The van der Waals surface area contributed by atoms with Gasteiger partial charge in [-0.15, -0.1) is 0 Å². The molecule has 0 saturated carbocycles. The number of amidine groups is 1. The first-order valence-electron chi connectivity index (χ1n) is 14.3. The molecule has 5 rings (SSSR count). The number of nitrogens with one attached hydrogen (secondary N) is 2. The first kappa shape index (κ1) is 30.3. The molecule has 2 aliphatic rings. The molecule has 43 heavy (non-hydrogen) atoms. The fourth-order valence-corrected chi connectivity index (χ4v) is 6.21. The number of amides is 1. The van der Waals surface area contributed by atoms with E-state index >= 15 is 0 Å². The lowest BCUT2D eigenvalue weighted by Gasteiger charge is -2.30. The van der Waals surface area contributed by atoms with Crippen LogP contribution in [0.4, 0.5) is 0 Å². The number of ether oxygens (including phenoxy) is 5. The summed E-state index contributed by atoms with van der Waals surface area (Å²) in [5, 5.41) is 10.1. The van der Waals surface area contributed by atoms with Gasteiger partial charge in [0.2, 0.25) is 17.4 Å². The van der Waals surface area contributed by atoms with Gasteiger partial charge in [-0.2, -0.15) is 0 Å². The highest BCUT2D eigenvalue weighted by atomic mass is 32.2. The molecule has 1 fully saturated rings. The molecule has 1 amide bonds. The maximum Gasteiger partial charge on any atom is 0.311 e. The van der Waals surface area contributed by atoms with Crippen molar-refractivity contribution in [1.29, 1.82) is 5.41 Å². The van der Waals surface area contributed by atoms with Crippen LogP contribution in [0.15, 0.2) is 54.6 Å². The molecule has 2 unspecified atom stereocenters. The lowest BCUT2D eigenvalue weighted by molar-refractivity contribution is -0.134. The number of methoxy groups -OCH3 is 2. The van der Waals surface area contributed by atoms with Crippen LogP contribution in [-0.2, 0) is 28.9 Å². The molecule has 2 heterocycles. The van der Waals surface area contributed by atoms with Crippen LogP contribution < -0.4 is 29.0 Å². The van der Waals surface area contributed by atoms with Gasteiger partial charge in [-0.1, -0.05) is 54.2 Å². The lowest BCUT2D eigenvalue weighted by atomic mass is 9.95. The van der Waals surface area contributed by atoms with Crippen LogP contribution in [0.5, 0.6) is 28.7 Å². The normalized spacial score (nSPS) is 17.5. The van der Waals surface area contributed by atoms with Gasteiger partial charge in [0, 0.05) is 24.0 Å². The summed E-state index contributed by atoms with van der Waals surface area (Å²) in [6, 6.07) is 17.5. The third kappa shape index (κ3) is 7.25. The van der Waals surface area contributed by atoms with Crippen molar-refractivity contribution in [2.45, 2.75) is 56.8 Å². The fraction of sp³-hybridized carbons (Fsp3) is 0.364. The lowest BCUT2D eigenvalue weighted by Crippen LogP contribution is -2.26. The Morgan fingerprint density at radius 2 is 1.77 bits per heavy atom. The van der Waals surface area contributed by atoms with E-state index in [1.54, 1.807) is 7.11 Å². The van der Waals surface area contributed by atoms with Gasteiger partial charge in [0.15, 0.2) is 16.7 Å². The third-order valence-electron chi connectivity index (χ3n) is 7.61. The average molecular weight is 605 g/mol. The van der Waals surface area contributed by atoms with Gasteiger partial charge in [0.05, 0.1) is 26.1 Å². The van der Waals surface area contributed by atoms with Crippen LogP contribution in [0.1, 0.15) is 41.5 Å². The van der Waals surface area contributed by atoms with E-state index in [1.165, 1.54) is 18.9 Å². The fourth-order valence-electron chi connectivity index (χ4n) is 5.33. The number of thioether (sulfide) groups is 1. The first-order valence-corrected chi connectivity index (χ1v) is 15.2.